The Morgan fingerprint density at radius 2 is 1.69 bits per heavy atom. The van der Waals surface area contributed by atoms with Gasteiger partial charge in [0.1, 0.15) is 0 Å². The van der Waals surface area contributed by atoms with E-state index >= 15 is 0 Å². The van der Waals surface area contributed by atoms with Crippen molar-refractivity contribution in [2.24, 2.45) is 0 Å². The third-order valence-electron chi connectivity index (χ3n) is 2.29. The van der Waals surface area contributed by atoms with E-state index in [9.17, 15) is 0 Å². The molecule has 13 heavy (non-hydrogen) atoms. The minimum absolute atomic E-state index is 0.110. The number of benzene rings is 1. The Labute approximate surface area is 80.0 Å². The minimum Gasteiger partial charge on any atom is -0.197 e. The van der Waals surface area contributed by atoms with Crippen LogP contribution in [0, 0.1) is 11.3 Å². The molecule has 1 nitrogen and oxygen atoms in total. The molecule has 1 aromatic carbocycles. The Morgan fingerprint density at radius 1 is 1.15 bits per heavy atom. The van der Waals surface area contributed by atoms with E-state index in [4.69, 9.17) is 5.26 Å². The van der Waals surface area contributed by atoms with E-state index in [0.29, 0.717) is 0 Å². The lowest BCUT2D eigenvalue weighted by molar-refractivity contribution is 0.909. The average Bonchev–Trinajstić information content (AvgIpc) is 3.03. The van der Waals surface area contributed by atoms with Crippen LogP contribution in [0.4, 0.5) is 0 Å². The predicted octanol–water partition coefficient (Wildman–Crippen LogP) is 3.27. The summed E-state index contributed by atoms with van der Waals surface area (Å²) in [6.07, 6.45) is 2.07. The standard InChI is InChI=1S/C10H9N.C2H6/c11-8-10(6-7-10)9-4-2-1-3-5-9;1-2/h1-5H,6-7H2;1-2H3. The van der Waals surface area contributed by atoms with Crippen molar-refractivity contribution in [2.75, 3.05) is 0 Å². The summed E-state index contributed by atoms with van der Waals surface area (Å²) in [6.45, 7) is 4.00. The van der Waals surface area contributed by atoms with E-state index in [2.05, 4.69) is 6.07 Å². The molecule has 1 aliphatic rings. The zero-order valence-corrected chi connectivity index (χ0v) is 8.25. The summed E-state index contributed by atoms with van der Waals surface area (Å²) in [7, 11) is 0. The van der Waals surface area contributed by atoms with E-state index < -0.39 is 0 Å². The van der Waals surface area contributed by atoms with Crippen LogP contribution < -0.4 is 0 Å². The quantitative estimate of drug-likeness (QED) is 0.639. The zero-order chi connectivity index (χ0) is 9.73. The maximum atomic E-state index is 8.86. The molecule has 0 radical (unpaired) electrons. The Balaban J connectivity index is 0.000000396. The van der Waals surface area contributed by atoms with Gasteiger partial charge in [0.2, 0.25) is 0 Å². The van der Waals surface area contributed by atoms with Crippen molar-refractivity contribution >= 4 is 0 Å². The van der Waals surface area contributed by atoms with Crippen LogP contribution in [0.15, 0.2) is 30.3 Å². The Morgan fingerprint density at radius 3 is 2.08 bits per heavy atom. The molecule has 0 N–H and O–H groups in total. The van der Waals surface area contributed by atoms with E-state index in [1.54, 1.807) is 0 Å². The molecule has 0 amide bonds. The van der Waals surface area contributed by atoms with Crippen LogP contribution in [0.3, 0.4) is 0 Å². The first-order valence-corrected chi connectivity index (χ1v) is 4.84. The largest absolute Gasteiger partial charge is 0.197 e. The van der Waals surface area contributed by atoms with Gasteiger partial charge in [-0.1, -0.05) is 44.2 Å². The van der Waals surface area contributed by atoms with Gasteiger partial charge < -0.3 is 0 Å². The minimum atomic E-state index is -0.110. The highest BCUT2D eigenvalue weighted by atomic mass is 14.5. The van der Waals surface area contributed by atoms with E-state index in [0.717, 1.165) is 12.8 Å². The van der Waals surface area contributed by atoms with Gasteiger partial charge in [0.15, 0.2) is 0 Å². The lowest BCUT2D eigenvalue weighted by Gasteiger charge is -2.03. The first-order chi connectivity index (χ1) is 6.37. The molecule has 68 valence electrons. The number of hydrogen-bond donors (Lipinski definition) is 0. The summed E-state index contributed by atoms with van der Waals surface area (Å²) < 4.78 is 0. The lowest BCUT2D eigenvalue weighted by atomic mass is 9.98. The van der Waals surface area contributed by atoms with Crippen molar-refractivity contribution in [2.45, 2.75) is 32.1 Å². The highest BCUT2D eigenvalue weighted by Crippen LogP contribution is 2.47. The fourth-order valence-electron chi connectivity index (χ4n) is 1.35. The van der Waals surface area contributed by atoms with Gasteiger partial charge in [-0.15, -0.1) is 0 Å². The monoisotopic (exact) mass is 173 g/mol. The Kier molecular flexibility index (Phi) is 3.08. The third kappa shape index (κ3) is 1.89. The average molecular weight is 173 g/mol. The zero-order valence-electron chi connectivity index (χ0n) is 8.25. The van der Waals surface area contributed by atoms with Crippen LogP contribution >= 0.6 is 0 Å². The van der Waals surface area contributed by atoms with E-state index in [1.807, 2.05) is 44.2 Å². The maximum Gasteiger partial charge on any atom is 0.0823 e. The van der Waals surface area contributed by atoms with Gasteiger partial charge in [-0.3, -0.25) is 0 Å². The van der Waals surface area contributed by atoms with Gasteiger partial charge in [-0.05, 0) is 18.4 Å². The molecule has 1 aromatic rings. The normalized spacial score (nSPS) is 16.4. The second-order valence-electron chi connectivity index (χ2n) is 3.06. The van der Waals surface area contributed by atoms with Crippen LogP contribution in [-0.4, -0.2) is 0 Å². The Bertz CT molecular complexity index is 291. The molecule has 0 unspecified atom stereocenters. The highest BCUT2D eigenvalue weighted by Gasteiger charge is 2.44. The molecular weight excluding hydrogens is 158 g/mol. The maximum absolute atomic E-state index is 8.86. The Hall–Kier alpha value is -1.29. The van der Waals surface area contributed by atoms with Gasteiger partial charge in [-0.25, -0.2) is 0 Å². The molecule has 1 fully saturated rings. The molecular formula is C12H15N. The molecule has 1 aliphatic carbocycles. The SMILES string of the molecule is CC.N#CC1(c2ccccc2)CC1. The molecule has 0 heterocycles. The molecule has 2 rings (SSSR count). The van der Waals surface area contributed by atoms with Crippen molar-refractivity contribution in [3.63, 3.8) is 0 Å². The number of hydrogen-bond acceptors (Lipinski definition) is 1. The first kappa shape index (κ1) is 9.80. The van der Waals surface area contributed by atoms with Gasteiger partial charge in [0.05, 0.1) is 11.5 Å². The van der Waals surface area contributed by atoms with Crippen molar-refractivity contribution in [1.29, 1.82) is 5.26 Å². The summed E-state index contributed by atoms with van der Waals surface area (Å²) in [5.41, 5.74) is 1.07. The van der Waals surface area contributed by atoms with Crippen molar-refractivity contribution < 1.29 is 0 Å². The molecule has 0 bridgehead atoms. The highest BCUT2D eigenvalue weighted by molar-refractivity contribution is 5.38. The second-order valence-corrected chi connectivity index (χ2v) is 3.06. The second kappa shape index (κ2) is 4.09. The summed E-state index contributed by atoms with van der Waals surface area (Å²) in [5.74, 6) is 0. The molecule has 1 saturated carbocycles. The van der Waals surface area contributed by atoms with Crippen LogP contribution in [0.5, 0.6) is 0 Å². The van der Waals surface area contributed by atoms with E-state index in [1.165, 1.54) is 5.56 Å². The van der Waals surface area contributed by atoms with Crippen LogP contribution in [0.2, 0.25) is 0 Å². The molecule has 1 heteroatoms. The third-order valence-corrected chi connectivity index (χ3v) is 2.29. The summed E-state index contributed by atoms with van der Waals surface area (Å²) in [4.78, 5) is 0. The summed E-state index contributed by atoms with van der Waals surface area (Å²) in [5, 5.41) is 8.86. The van der Waals surface area contributed by atoms with Gasteiger partial charge >= 0.3 is 0 Å². The number of nitriles is 1. The van der Waals surface area contributed by atoms with Gasteiger partial charge in [0, 0.05) is 0 Å². The first-order valence-electron chi connectivity index (χ1n) is 4.84. The van der Waals surface area contributed by atoms with Crippen molar-refractivity contribution in [3.05, 3.63) is 35.9 Å². The van der Waals surface area contributed by atoms with Gasteiger partial charge in [-0.2, -0.15) is 5.26 Å². The van der Waals surface area contributed by atoms with Crippen LogP contribution in [-0.2, 0) is 5.41 Å². The van der Waals surface area contributed by atoms with Crippen LogP contribution in [0.25, 0.3) is 0 Å². The van der Waals surface area contributed by atoms with Crippen molar-refractivity contribution in [3.8, 4) is 6.07 Å². The fraction of sp³-hybridized carbons (Fsp3) is 0.417. The molecule has 0 aromatic heterocycles. The molecule has 0 spiro atoms. The predicted molar refractivity (Wildman–Crippen MR) is 54.3 cm³/mol. The van der Waals surface area contributed by atoms with Gasteiger partial charge in [0.25, 0.3) is 0 Å². The lowest BCUT2D eigenvalue weighted by Crippen LogP contribution is -2.00. The summed E-state index contributed by atoms with van der Waals surface area (Å²) >= 11 is 0. The smallest absolute Gasteiger partial charge is 0.0823 e. The fourth-order valence-corrected chi connectivity index (χ4v) is 1.35. The molecule has 0 atom stereocenters. The van der Waals surface area contributed by atoms with Crippen LogP contribution in [0.1, 0.15) is 32.3 Å². The molecule has 0 aliphatic heterocycles. The number of rotatable bonds is 1. The molecule has 0 saturated heterocycles. The topological polar surface area (TPSA) is 23.8 Å². The van der Waals surface area contributed by atoms with Crippen molar-refractivity contribution in [1.82, 2.24) is 0 Å². The number of nitrogens with zero attached hydrogens (tertiary/aromatic N) is 1. The summed E-state index contributed by atoms with van der Waals surface area (Å²) in [6, 6.07) is 12.4. The van der Waals surface area contributed by atoms with E-state index in [-0.39, 0.29) is 5.41 Å².